The molecule has 5 nitrogen and oxygen atoms in total. The molecule has 0 bridgehead atoms. The highest BCUT2D eigenvalue weighted by atomic mass is 16.5. The number of aliphatic carboxylic acids is 1. The lowest BCUT2D eigenvalue weighted by molar-refractivity contribution is -0.143. The van der Waals surface area contributed by atoms with Gasteiger partial charge in [-0.05, 0) is 32.6 Å². The van der Waals surface area contributed by atoms with Gasteiger partial charge in [-0.25, -0.2) is 0 Å². The van der Waals surface area contributed by atoms with E-state index < -0.39 is 5.97 Å². The zero-order valence-corrected chi connectivity index (χ0v) is 10.4. The van der Waals surface area contributed by atoms with E-state index in [1.807, 2.05) is 6.92 Å². The van der Waals surface area contributed by atoms with Crippen LogP contribution in [-0.4, -0.2) is 36.0 Å². The average molecular weight is 240 g/mol. The van der Waals surface area contributed by atoms with Crippen molar-refractivity contribution < 1.29 is 14.6 Å². The third kappa shape index (κ3) is 4.46. The molecule has 0 unspecified atom stereocenters. The van der Waals surface area contributed by atoms with Crippen LogP contribution in [0, 0.1) is 5.92 Å². The molecular weight excluding hydrogens is 220 g/mol. The van der Waals surface area contributed by atoms with Gasteiger partial charge in [0.1, 0.15) is 5.76 Å². The fourth-order valence-electron chi connectivity index (χ4n) is 2.02. The van der Waals surface area contributed by atoms with E-state index in [4.69, 9.17) is 9.84 Å². The van der Waals surface area contributed by atoms with Gasteiger partial charge in [0.15, 0.2) is 0 Å². The number of rotatable bonds is 5. The van der Waals surface area contributed by atoms with E-state index >= 15 is 0 Å². The van der Waals surface area contributed by atoms with E-state index in [1.165, 1.54) is 0 Å². The molecule has 0 aromatic carbocycles. The van der Waals surface area contributed by atoms with Gasteiger partial charge >= 0.3 is 5.97 Å². The first-order valence-electron chi connectivity index (χ1n) is 5.80. The standard InChI is InChI=1S/C12H20N2O3/c1-9(8-14(3)13-2)17-11-6-4-10(5-7-11)12(15)16/h8,10-11H,2,4-7H2,1,3H3,(H,15,16)/b9-8+. The van der Waals surface area contributed by atoms with E-state index in [0.29, 0.717) is 12.8 Å². The first kappa shape index (κ1) is 13.5. The Hall–Kier alpha value is -1.52. The number of carboxylic acids is 1. The number of hydrogen-bond acceptors (Lipinski definition) is 4. The van der Waals surface area contributed by atoms with E-state index in [-0.39, 0.29) is 12.0 Å². The van der Waals surface area contributed by atoms with Crippen molar-refractivity contribution >= 4 is 12.7 Å². The van der Waals surface area contributed by atoms with E-state index in [9.17, 15) is 4.79 Å². The summed E-state index contributed by atoms with van der Waals surface area (Å²) in [5.41, 5.74) is 0. The molecule has 0 heterocycles. The second kappa shape index (κ2) is 6.27. The molecule has 0 aromatic rings. The highest BCUT2D eigenvalue weighted by molar-refractivity contribution is 5.70. The van der Waals surface area contributed by atoms with Gasteiger partial charge in [-0.2, -0.15) is 5.10 Å². The summed E-state index contributed by atoms with van der Waals surface area (Å²) in [5.74, 6) is -0.110. The Balaban J connectivity index is 2.37. The second-order valence-electron chi connectivity index (χ2n) is 4.38. The second-order valence-corrected chi connectivity index (χ2v) is 4.38. The molecule has 1 aliphatic rings. The maximum Gasteiger partial charge on any atom is 0.306 e. The van der Waals surface area contributed by atoms with Crippen molar-refractivity contribution in [1.82, 2.24) is 5.01 Å². The smallest absolute Gasteiger partial charge is 0.306 e. The number of hydrazone groups is 1. The summed E-state index contributed by atoms with van der Waals surface area (Å²) in [6, 6.07) is 0. The lowest BCUT2D eigenvalue weighted by Crippen LogP contribution is -2.25. The average Bonchev–Trinajstić information content (AvgIpc) is 2.29. The molecular formula is C12H20N2O3. The van der Waals surface area contributed by atoms with Gasteiger partial charge < -0.3 is 9.84 Å². The van der Waals surface area contributed by atoms with Crippen molar-refractivity contribution in [1.29, 1.82) is 0 Å². The highest BCUT2D eigenvalue weighted by Crippen LogP contribution is 2.27. The van der Waals surface area contributed by atoms with Crippen molar-refractivity contribution in [2.45, 2.75) is 38.7 Å². The van der Waals surface area contributed by atoms with Crippen LogP contribution in [0.15, 0.2) is 17.1 Å². The minimum Gasteiger partial charge on any atom is -0.493 e. The minimum absolute atomic E-state index is 0.125. The lowest BCUT2D eigenvalue weighted by Gasteiger charge is -2.27. The summed E-state index contributed by atoms with van der Waals surface area (Å²) in [5, 5.41) is 14.2. The van der Waals surface area contributed by atoms with Crippen molar-refractivity contribution in [3.63, 3.8) is 0 Å². The van der Waals surface area contributed by atoms with Gasteiger partial charge in [-0.15, -0.1) is 0 Å². The van der Waals surface area contributed by atoms with Crippen molar-refractivity contribution in [2.24, 2.45) is 11.0 Å². The normalized spacial score (nSPS) is 25.2. The molecule has 0 amide bonds. The van der Waals surface area contributed by atoms with Crippen LogP contribution >= 0.6 is 0 Å². The molecule has 1 N–H and O–H groups in total. The van der Waals surface area contributed by atoms with Crippen molar-refractivity contribution in [3.8, 4) is 0 Å². The molecule has 1 aliphatic carbocycles. The third-order valence-electron chi connectivity index (χ3n) is 2.97. The molecule has 1 rings (SSSR count). The molecule has 0 spiro atoms. The van der Waals surface area contributed by atoms with Crippen LogP contribution < -0.4 is 0 Å². The molecule has 0 saturated heterocycles. The summed E-state index contributed by atoms with van der Waals surface area (Å²) in [6.45, 7) is 5.27. The number of hydrogen-bond donors (Lipinski definition) is 1. The molecule has 96 valence electrons. The van der Waals surface area contributed by atoms with Crippen molar-refractivity contribution in [3.05, 3.63) is 12.0 Å². The molecule has 0 radical (unpaired) electrons. The van der Waals surface area contributed by atoms with Crippen molar-refractivity contribution in [2.75, 3.05) is 7.05 Å². The number of nitrogens with zero attached hydrogens (tertiary/aromatic N) is 2. The molecule has 5 heteroatoms. The Bertz CT molecular complexity index is 307. The van der Waals surface area contributed by atoms with Crippen LogP contribution in [0.4, 0.5) is 0 Å². The molecule has 0 atom stereocenters. The van der Waals surface area contributed by atoms with Gasteiger partial charge in [0.2, 0.25) is 0 Å². The van der Waals surface area contributed by atoms with Crippen LogP contribution in [0.25, 0.3) is 0 Å². The molecule has 1 saturated carbocycles. The highest BCUT2D eigenvalue weighted by Gasteiger charge is 2.26. The molecule has 0 aromatic heterocycles. The van der Waals surface area contributed by atoms with Gasteiger partial charge in [0.25, 0.3) is 0 Å². The number of ether oxygens (including phenoxy) is 1. The molecule has 1 fully saturated rings. The molecule has 0 aliphatic heterocycles. The SMILES string of the molecule is C=NN(C)/C=C(\C)OC1CCC(C(=O)O)CC1. The Kier molecular flexibility index (Phi) is 5.00. The minimum atomic E-state index is -0.689. The largest absolute Gasteiger partial charge is 0.493 e. The third-order valence-corrected chi connectivity index (χ3v) is 2.97. The van der Waals surface area contributed by atoms with Gasteiger partial charge in [0.05, 0.1) is 18.2 Å². The Morgan fingerprint density at radius 3 is 2.53 bits per heavy atom. The van der Waals surface area contributed by atoms with Crippen LogP contribution in [0.3, 0.4) is 0 Å². The first-order valence-corrected chi connectivity index (χ1v) is 5.80. The summed E-state index contributed by atoms with van der Waals surface area (Å²) in [7, 11) is 1.78. The molecule has 17 heavy (non-hydrogen) atoms. The fourth-order valence-corrected chi connectivity index (χ4v) is 2.02. The maximum atomic E-state index is 10.8. The fraction of sp³-hybridized carbons (Fsp3) is 0.667. The monoisotopic (exact) mass is 240 g/mol. The number of carboxylic acid groups (broad SMARTS) is 1. The maximum absolute atomic E-state index is 10.8. The number of carbonyl (C=O) groups is 1. The Morgan fingerprint density at radius 2 is 2.06 bits per heavy atom. The van der Waals surface area contributed by atoms with E-state index in [0.717, 1.165) is 18.6 Å². The summed E-state index contributed by atoms with van der Waals surface area (Å²) in [4.78, 5) is 10.8. The van der Waals surface area contributed by atoms with E-state index in [1.54, 1.807) is 18.3 Å². The predicted molar refractivity (Wildman–Crippen MR) is 65.5 cm³/mol. The zero-order valence-electron chi connectivity index (χ0n) is 10.4. The van der Waals surface area contributed by atoms with Gasteiger partial charge in [-0.1, -0.05) is 0 Å². The Morgan fingerprint density at radius 1 is 1.47 bits per heavy atom. The van der Waals surface area contributed by atoms with Crippen LogP contribution in [0.5, 0.6) is 0 Å². The van der Waals surface area contributed by atoms with Gasteiger partial charge in [-0.3, -0.25) is 9.80 Å². The van der Waals surface area contributed by atoms with E-state index in [2.05, 4.69) is 11.8 Å². The van der Waals surface area contributed by atoms with Crippen LogP contribution in [-0.2, 0) is 9.53 Å². The number of allylic oxidation sites excluding steroid dienone is 1. The van der Waals surface area contributed by atoms with Crippen LogP contribution in [0.1, 0.15) is 32.6 Å². The Labute approximate surface area is 102 Å². The topological polar surface area (TPSA) is 62.1 Å². The quantitative estimate of drug-likeness (QED) is 0.454. The zero-order chi connectivity index (χ0) is 12.8. The summed E-state index contributed by atoms with van der Waals surface area (Å²) < 4.78 is 5.73. The summed E-state index contributed by atoms with van der Waals surface area (Å²) >= 11 is 0. The summed E-state index contributed by atoms with van der Waals surface area (Å²) in [6.07, 6.45) is 4.88. The predicted octanol–water partition coefficient (Wildman–Crippen LogP) is 2.06. The van der Waals surface area contributed by atoms with Gasteiger partial charge in [0, 0.05) is 13.8 Å². The first-order chi connectivity index (χ1) is 8.02. The lowest BCUT2D eigenvalue weighted by atomic mass is 9.87. The van der Waals surface area contributed by atoms with Crippen LogP contribution in [0.2, 0.25) is 0 Å².